The van der Waals surface area contributed by atoms with Gasteiger partial charge >= 0.3 is 40.0 Å². The Bertz CT molecular complexity index is 320. The van der Waals surface area contributed by atoms with E-state index in [0.29, 0.717) is 0 Å². The number of benzene rings is 1. The maximum atomic E-state index is 8.74. The van der Waals surface area contributed by atoms with E-state index in [1.807, 2.05) is 30.3 Å². The van der Waals surface area contributed by atoms with Crippen molar-refractivity contribution in [1.82, 2.24) is 0 Å². The van der Waals surface area contributed by atoms with Crippen LogP contribution in [0.1, 0.15) is 1.43 Å². The molecule has 0 aliphatic carbocycles. The molecule has 0 amide bonds. The van der Waals surface area contributed by atoms with Gasteiger partial charge in [-0.1, -0.05) is 18.2 Å². The first-order valence-electron chi connectivity index (χ1n) is 3.22. The maximum absolute atomic E-state index is 8.74. The van der Waals surface area contributed by atoms with E-state index in [2.05, 4.69) is 0 Å². The second-order valence-electron chi connectivity index (χ2n) is 1.97. The molecular formula is C7H11NaO5S. The Morgan fingerprint density at radius 3 is 1.79 bits per heavy atom. The molecule has 14 heavy (non-hydrogen) atoms. The summed E-state index contributed by atoms with van der Waals surface area (Å²) in [6, 6.07) is 9.68. The van der Waals surface area contributed by atoms with Crippen LogP contribution in [0.4, 0.5) is 0 Å². The molecule has 0 radical (unpaired) electrons. The molecule has 0 spiro atoms. The van der Waals surface area contributed by atoms with Gasteiger partial charge in [-0.05, 0) is 12.1 Å². The van der Waals surface area contributed by atoms with Gasteiger partial charge in [0.05, 0.1) is 7.11 Å². The molecule has 0 atom stereocenters. The predicted molar refractivity (Wildman–Crippen MR) is 48.3 cm³/mol. The Morgan fingerprint density at radius 2 is 1.57 bits per heavy atom. The quantitative estimate of drug-likeness (QED) is 0.437. The van der Waals surface area contributed by atoms with E-state index in [-0.39, 0.29) is 31.0 Å². The van der Waals surface area contributed by atoms with Crippen molar-refractivity contribution in [2.24, 2.45) is 0 Å². The first kappa shape index (κ1) is 16.3. The third-order valence-corrected chi connectivity index (χ3v) is 0.979. The molecule has 1 rings (SSSR count). The molecule has 2 N–H and O–H groups in total. The van der Waals surface area contributed by atoms with E-state index in [1.165, 1.54) is 0 Å². The molecule has 0 unspecified atom stereocenters. The maximum Gasteiger partial charge on any atom is 1.00 e. The van der Waals surface area contributed by atoms with E-state index >= 15 is 0 Å². The Morgan fingerprint density at radius 1 is 1.21 bits per heavy atom. The fourth-order valence-corrected chi connectivity index (χ4v) is 0.557. The minimum Gasteiger partial charge on any atom is -1.00 e. The fraction of sp³-hybridized carbons (Fsp3) is 0.143. The van der Waals surface area contributed by atoms with E-state index in [0.717, 1.165) is 5.75 Å². The van der Waals surface area contributed by atoms with Crippen molar-refractivity contribution in [3.05, 3.63) is 30.3 Å². The first-order valence-corrected chi connectivity index (χ1v) is 4.62. The van der Waals surface area contributed by atoms with Crippen molar-refractivity contribution in [3.63, 3.8) is 0 Å². The number of ether oxygens (including phenoxy) is 1. The van der Waals surface area contributed by atoms with Gasteiger partial charge < -0.3 is 6.16 Å². The molecule has 0 fully saturated rings. The molecule has 0 bridgehead atoms. The molecule has 5 nitrogen and oxygen atoms in total. The van der Waals surface area contributed by atoms with Gasteiger partial charge in [-0.15, -0.1) is 0 Å². The smallest absolute Gasteiger partial charge is 1.00 e. The SMILES string of the molecule is COc1ccccc1.O=S(=O)(O)O.[H-].[Na+]. The molecule has 0 aliphatic rings. The third-order valence-electron chi connectivity index (χ3n) is 0.979. The largest absolute Gasteiger partial charge is 1.00 e. The Kier molecular flexibility index (Phi) is 9.58. The normalized spacial score (nSPS) is 9.07. The Labute approximate surface area is 106 Å². The van der Waals surface area contributed by atoms with Crippen molar-refractivity contribution in [1.29, 1.82) is 0 Å². The molecule has 1 aromatic carbocycles. The third kappa shape index (κ3) is 14.4. The van der Waals surface area contributed by atoms with Crippen LogP contribution < -0.4 is 34.3 Å². The van der Waals surface area contributed by atoms with E-state index in [9.17, 15) is 0 Å². The molecule has 7 heteroatoms. The van der Waals surface area contributed by atoms with Crippen LogP contribution in [0.5, 0.6) is 5.75 Å². The average Bonchev–Trinajstić information content (AvgIpc) is 2.03. The molecule has 0 saturated carbocycles. The summed E-state index contributed by atoms with van der Waals surface area (Å²) < 4.78 is 36.5. The number of para-hydroxylation sites is 1. The van der Waals surface area contributed by atoms with Gasteiger partial charge in [-0.3, -0.25) is 9.11 Å². The number of rotatable bonds is 1. The summed E-state index contributed by atoms with van der Waals surface area (Å²) >= 11 is 0. The van der Waals surface area contributed by atoms with Crippen LogP contribution in [0.3, 0.4) is 0 Å². The Hall–Kier alpha value is -0.110. The second-order valence-corrected chi connectivity index (χ2v) is 2.86. The van der Waals surface area contributed by atoms with Gasteiger partial charge in [-0.25, -0.2) is 0 Å². The van der Waals surface area contributed by atoms with E-state index < -0.39 is 10.4 Å². The molecule has 76 valence electrons. The first-order chi connectivity index (χ1) is 5.93. The zero-order chi connectivity index (χ0) is 10.3. The van der Waals surface area contributed by atoms with Crippen LogP contribution in [0.15, 0.2) is 30.3 Å². The van der Waals surface area contributed by atoms with Crippen LogP contribution in [0.2, 0.25) is 0 Å². The van der Waals surface area contributed by atoms with Crippen LogP contribution in [0, 0.1) is 0 Å². The molecular weight excluding hydrogens is 219 g/mol. The fourth-order valence-electron chi connectivity index (χ4n) is 0.557. The van der Waals surface area contributed by atoms with Gasteiger partial charge in [0.25, 0.3) is 0 Å². The molecule has 0 heterocycles. The predicted octanol–water partition coefficient (Wildman–Crippen LogP) is -1.84. The zero-order valence-corrected chi connectivity index (χ0v) is 10.7. The standard InChI is InChI=1S/C7H8O.Na.H2O4S.H/c1-8-7-5-3-2-4-6-7;;1-5(2,3)4;/h2-6H,1H3;;(H2,1,2,3,4);/q;+1;;-1. The summed E-state index contributed by atoms with van der Waals surface area (Å²) in [6.07, 6.45) is 0. The van der Waals surface area contributed by atoms with Crippen LogP contribution in [0.25, 0.3) is 0 Å². The van der Waals surface area contributed by atoms with Gasteiger partial charge in [0.2, 0.25) is 0 Å². The van der Waals surface area contributed by atoms with Crippen molar-refractivity contribution in [2.45, 2.75) is 0 Å². The topological polar surface area (TPSA) is 83.8 Å². The van der Waals surface area contributed by atoms with Crippen LogP contribution >= 0.6 is 0 Å². The van der Waals surface area contributed by atoms with E-state index in [1.54, 1.807) is 7.11 Å². The number of hydrogen-bond donors (Lipinski definition) is 2. The molecule has 0 saturated heterocycles. The van der Waals surface area contributed by atoms with Crippen LogP contribution in [-0.2, 0) is 10.4 Å². The second kappa shape index (κ2) is 8.22. The summed E-state index contributed by atoms with van der Waals surface area (Å²) in [5, 5.41) is 0. The van der Waals surface area contributed by atoms with Gasteiger partial charge in [0.1, 0.15) is 5.75 Å². The van der Waals surface area contributed by atoms with Crippen LogP contribution in [-0.4, -0.2) is 24.6 Å². The summed E-state index contributed by atoms with van der Waals surface area (Å²) in [5.41, 5.74) is 0. The van der Waals surface area contributed by atoms with Gasteiger partial charge in [0.15, 0.2) is 0 Å². The summed E-state index contributed by atoms with van der Waals surface area (Å²) in [7, 11) is -3.00. The minimum atomic E-state index is -4.67. The summed E-state index contributed by atoms with van der Waals surface area (Å²) in [5.74, 6) is 0.910. The van der Waals surface area contributed by atoms with Gasteiger partial charge in [0, 0.05) is 0 Å². The zero-order valence-electron chi connectivity index (χ0n) is 8.91. The van der Waals surface area contributed by atoms with E-state index in [4.69, 9.17) is 22.3 Å². The minimum absolute atomic E-state index is 0. The molecule has 0 aromatic heterocycles. The Balaban J connectivity index is -0.000000185. The molecule has 1 aromatic rings. The number of hydrogen-bond acceptors (Lipinski definition) is 3. The van der Waals surface area contributed by atoms with Crippen molar-refractivity contribution < 1.29 is 53.2 Å². The summed E-state index contributed by atoms with van der Waals surface area (Å²) in [4.78, 5) is 0. The van der Waals surface area contributed by atoms with Gasteiger partial charge in [-0.2, -0.15) is 8.42 Å². The molecule has 0 aliphatic heterocycles. The van der Waals surface area contributed by atoms with Crippen molar-refractivity contribution >= 4 is 10.4 Å². The number of methoxy groups -OCH3 is 1. The van der Waals surface area contributed by atoms with Crippen molar-refractivity contribution in [2.75, 3.05) is 7.11 Å². The van der Waals surface area contributed by atoms with Crippen molar-refractivity contribution in [3.8, 4) is 5.75 Å². The average molecular weight is 230 g/mol. The monoisotopic (exact) mass is 230 g/mol. The summed E-state index contributed by atoms with van der Waals surface area (Å²) in [6.45, 7) is 0.